The van der Waals surface area contributed by atoms with Gasteiger partial charge in [-0.1, -0.05) is 18.2 Å². The summed E-state index contributed by atoms with van der Waals surface area (Å²) in [5.74, 6) is -0.734. The molecule has 2 rings (SSSR count). The van der Waals surface area contributed by atoms with Crippen LogP contribution < -0.4 is 4.74 Å². The molecule has 0 bridgehead atoms. The lowest BCUT2D eigenvalue weighted by molar-refractivity contribution is 0.298. The highest BCUT2D eigenvalue weighted by atomic mass is 19.1. The molecule has 0 aromatic heterocycles. The van der Waals surface area contributed by atoms with Crippen LogP contribution in [0, 0.1) is 23.0 Å². The van der Waals surface area contributed by atoms with Crippen molar-refractivity contribution in [3.63, 3.8) is 0 Å². The van der Waals surface area contributed by atoms with E-state index in [1.54, 1.807) is 18.2 Å². The van der Waals surface area contributed by atoms with Gasteiger partial charge in [-0.05, 0) is 18.2 Å². The fourth-order valence-electron chi connectivity index (χ4n) is 1.49. The van der Waals surface area contributed by atoms with Crippen molar-refractivity contribution in [3.8, 4) is 11.8 Å². The highest BCUT2D eigenvalue weighted by Crippen LogP contribution is 2.18. The van der Waals surface area contributed by atoms with Gasteiger partial charge in [-0.25, -0.2) is 8.78 Å². The molecule has 0 amide bonds. The van der Waals surface area contributed by atoms with Gasteiger partial charge < -0.3 is 4.74 Å². The van der Waals surface area contributed by atoms with Crippen molar-refractivity contribution in [2.24, 2.45) is 0 Å². The molecule has 0 atom stereocenters. The molecule has 2 aromatic rings. The van der Waals surface area contributed by atoms with E-state index >= 15 is 0 Å². The highest BCUT2D eigenvalue weighted by Gasteiger charge is 2.04. The maximum absolute atomic E-state index is 13.3. The Morgan fingerprint density at radius 3 is 2.61 bits per heavy atom. The molecule has 0 heterocycles. The topological polar surface area (TPSA) is 33.0 Å². The predicted molar refractivity (Wildman–Crippen MR) is 61.8 cm³/mol. The van der Waals surface area contributed by atoms with Crippen molar-refractivity contribution in [1.82, 2.24) is 0 Å². The van der Waals surface area contributed by atoms with Crippen LogP contribution in [-0.4, -0.2) is 0 Å². The van der Waals surface area contributed by atoms with E-state index < -0.39 is 5.82 Å². The molecule has 0 aliphatic heterocycles. The van der Waals surface area contributed by atoms with Gasteiger partial charge in [-0.15, -0.1) is 0 Å². The summed E-state index contributed by atoms with van der Waals surface area (Å²) < 4.78 is 31.7. The number of hydrogen-bond acceptors (Lipinski definition) is 2. The third-order valence-electron chi connectivity index (χ3n) is 2.35. The zero-order valence-corrected chi connectivity index (χ0v) is 9.36. The number of nitrogens with zero attached hydrogens (tertiary/aromatic N) is 1. The van der Waals surface area contributed by atoms with Gasteiger partial charge in [0, 0.05) is 11.6 Å². The van der Waals surface area contributed by atoms with E-state index in [4.69, 9.17) is 10.00 Å². The van der Waals surface area contributed by atoms with Gasteiger partial charge in [-0.3, -0.25) is 0 Å². The van der Waals surface area contributed by atoms with E-state index in [1.165, 1.54) is 12.1 Å². The maximum Gasteiger partial charge on any atom is 0.129 e. The van der Waals surface area contributed by atoms with Crippen LogP contribution in [0.15, 0.2) is 42.5 Å². The average molecular weight is 245 g/mol. The standard InChI is InChI=1S/C14H9F2NO/c15-12-5-10(8-17)6-13(7-12)18-9-11-3-1-2-4-14(11)16/h1-7H,9H2. The Hall–Kier alpha value is -2.41. The summed E-state index contributed by atoms with van der Waals surface area (Å²) in [6.07, 6.45) is 0. The summed E-state index contributed by atoms with van der Waals surface area (Å²) >= 11 is 0. The van der Waals surface area contributed by atoms with E-state index in [2.05, 4.69) is 0 Å². The van der Waals surface area contributed by atoms with Gasteiger partial charge in [0.25, 0.3) is 0 Å². The van der Waals surface area contributed by atoms with Crippen molar-refractivity contribution in [3.05, 3.63) is 65.2 Å². The number of rotatable bonds is 3. The Kier molecular flexibility index (Phi) is 3.54. The molecular formula is C14H9F2NO. The fourth-order valence-corrected chi connectivity index (χ4v) is 1.49. The molecule has 2 aromatic carbocycles. The number of hydrogen-bond donors (Lipinski definition) is 0. The van der Waals surface area contributed by atoms with Crippen LogP contribution in [0.4, 0.5) is 8.78 Å². The molecule has 0 unspecified atom stereocenters. The smallest absolute Gasteiger partial charge is 0.129 e. The molecule has 2 nitrogen and oxygen atoms in total. The lowest BCUT2D eigenvalue weighted by Gasteiger charge is -2.07. The lowest BCUT2D eigenvalue weighted by atomic mass is 10.2. The second kappa shape index (κ2) is 5.28. The van der Waals surface area contributed by atoms with Crippen LogP contribution in [0.25, 0.3) is 0 Å². The predicted octanol–water partition coefficient (Wildman–Crippen LogP) is 3.42. The number of benzene rings is 2. The molecule has 0 spiro atoms. The molecule has 0 saturated carbocycles. The highest BCUT2D eigenvalue weighted by molar-refractivity contribution is 5.37. The third-order valence-corrected chi connectivity index (χ3v) is 2.35. The van der Waals surface area contributed by atoms with Crippen molar-refractivity contribution in [1.29, 1.82) is 5.26 Å². The number of nitriles is 1. The maximum atomic E-state index is 13.3. The normalized spacial score (nSPS) is 9.83. The molecule has 0 N–H and O–H groups in total. The number of halogens is 2. The third kappa shape index (κ3) is 2.83. The molecule has 4 heteroatoms. The van der Waals surface area contributed by atoms with Gasteiger partial charge in [0.1, 0.15) is 24.0 Å². The van der Waals surface area contributed by atoms with Crippen LogP contribution in [-0.2, 0) is 6.61 Å². The van der Waals surface area contributed by atoms with Crippen molar-refractivity contribution in [2.75, 3.05) is 0 Å². The zero-order valence-electron chi connectivity index (χ0n) is 9.36. The first-order chi connectivity index (χ1) is 8.69. The first-order valence-corrected chi connectivity index (χ1v) is 5.26. The minimum absolute atomic E-state index is 0.0129. The monoisotopic (exact) mass is 245 g/mol. The molecule has 0 fully saturated rings. The minimum atomic E-state index is -0.558. The van der Waals surface area contributed by atoms with E-state index in [0.29, 0.717) is 5.56 Å². The van der Waals surface area contributed by atoms with Gasteiger partial charge in [0.05, 0.1) is 11.6 Å². The van der Waals surface area contributed by atoms with Crippen LogP contribution in [0.1, 0.15) is 11.1 Å². The van der Waals surface area contributed by atoms with Gasteiger partial charge >= 0.3 is 0 Å². The largest absolute Gasteiger partial charge is 0.489 e. The van der Waals surface area contributed by atoms with Gasteiger partial charge in [-0.2, -0.15) is 5.26 Å². The molecule has 0 saturated heterocycles. The van der Waals surface area contributed by atoms with Crippen LogP contribution in [0.5, 0.6) is 5.75 Å². The van der Waals surface area contributed by atoms with Gasteiger partial charge in [0.15, 0.2) is 0 Å². The van der Waals surface area contributed by atoms with Crippen LogP contribution >= 0.6 is 0 Å². The van der Waals surface area contributed by atoms with E-state index in [0.717, 1.165) is 12.1 Å². The molecule has 0 aliphatic carbocycles. The van der Waals surface area contributed by atoms with E-state index in [9.17, 15) is 8.78 Å². The SMILES string of the molecule is N#Cc1cc(F)cc(OCc2ccccc2F)c1. The van der Waals surface area contributed by atoms with Crippen molar-refractivity contribution < 1.29 is 13.5 Å². The fraction of sp³-hybridized carbons (Fsp3) is 0.0714. The Morgan fingerprint density at radius 1 is 1.11 bits per heavy atom. The minimum Gasteiger partial charge on any atom is -0.489 e. The summed E-state index contributed by atoms with van der Waals surface area (Å²) in [7, 11) is 0. The number of ether oxygens (including phenoxy) is 1. The van der Waals surface area contributed by atoms with Crippen molar-refractivity contribution in [2.45, 2.75) is 6.61 Å². The summed E-state index contributed by atoms with van der Waals surface area (Å²) in [6.45, 7) is -0.0129. The first kappa shape index (κ1) is 12.1. The molecule has 90 valence electrons. The molecule has 0 radical (unpaired) electrons. The lowest BCUT2D eigenvalue weighted by Crippen LogP contribution is -1.98. The summed E-state index contributed by atoms with van der Waals surface area (Å²) in [6, 6.07) is 11.7. The molecule has 0 aliphatic rings. The molecular weight excluding hydrogens is 236 g/mol. The second-order valence-electron chi connectivity index (χ2n) is 3.67. The van der Waals surface area contributed by atoms with Crippen LogP contribution in [0.3, 0.4) is 0 Å². The van der Waals surface area contributed by atoms with Crippen LogP contribution in [0.2, 0.25) is 0 Å². The Bertz CT molecular complexity index is 605. The van der Waals surface area contributed by atoms with E-state index in [-0.39, 0.29) is 23.7 Å². The Labute approximate surface area is 103 Å². The molecule has 18 heavy (non-hydrogen) atoms. The van der Waals surface area contributed by atoms with Gasteiger partial charge in [0.2, 0.25) is 0 Å². The summed E-state index contributed by atoms with van der Waals surface area (Å²) in [5.41, 5.74) is 0.541. The average Bonchev–Trinajstić information content (AvgIpc) is 2.37. The quantitative estimate of drug-likeness (QED) is 0.830. The summed E-state index contributed by atoms with van der Waals surface area (Å²) in [4.78, 5) is 0. The summed E-state index contributed by atoms with van der Waals surface area (Å²) in [5, 5.41) is 8.68. The van der Waals surface area contributed by atoms with E-state index in [1.807, 2.05) is 6.07 Å². The first-order valence-electron chi connectivity index (χ1n) is 5.26. The van der Waals surface area contributed by atoms with Crippen molar-refractivity contribution >= 4 is 0 Å². The Balaban J connectivity index is 2.14. The second-order valence-corrected chi connectivity index (χ2v) is 3.67. The Morgan fingerprint density at radius 2 is 1.89 bits per heavy atom. The zero-order chi connectivity index (χ0) is 13.0.